The first-order valence-electron chi connectivity index (χ1n) is 10.7. The van der Waals surface area contributed by atoms with Crippen LogP contribution in [0.3, 0.4) is 0 Å². The molecule has 0 spiro atoms. The molecular formula is C23H31N7. The average Bonchev–Trinajstić information content (AvgIpc) is 3.20. The fraction of sp³-hybridized carbons (Fsp3) is 0.435. The molecule has 0 amide bonds. The third kappa shape index (κ3) is 4.16. The summed E-state index contributed by atoms with van der Waals surface area (Å²) in [7, 11) is 0. The normalized spacial score (nSPS) is 17.3. The maximum atomic E-state index is 4.70. The van der Waals surface area contributed by atoms with Gasteiger partial charge in [-0.15, -0.1) is 0 Å². The van der Waals surface area contributed by atoms with Gasteiger partial charge in [-0.2, -0.15) is 5.10 Å². The van der Waals surface area contributed by atoms with Gasteiger partial charge in [0, 0.05) is 37.4 Å². The first-order chi connectivity index (χ1) is 14.6. The minimum atomic E-state index is 0.336. The number of aromatic amines is 1. The standard InChI is InChI=1S/C23H31N7/c1-5-17-6-8-19-21(22(15(2)3)29-28-19)23(17)27-16(4)26-20-9-7-18(14-25-20)30-12-10-24-11-13-30/h5,7,9,14-15,24H,1,6,8,10-13H2,2-4H3,(H,28,29)(H,25,26,27). The topological polar surface area (TPSA) is 81.2 Å². The van der Waals surface area contributed by atoms with Crippen LogP contribution in [0.15, 0.2) is 41.6 Å². The lowest BCUT2D eigenvalue weighted by Crippen LogP contribution is -2.43. The summed E-state index contributed by atoms with van der Waals surface area (Å²) in [5.74, 6) is 1.84. The molecule has 1 aliphatic heterocycles. The van der Waals surface area contributed by atoms with E-state index in [4.69, 9.17) is 4.99 Å². The van der Waals surface area contributed by atoms with Crippen LogP contribution >= 0.6 is 0 Å². The Hall–Kier alpha value is -2.93. The number of nitrogens with one attached hydrogen (secondary N) is 3. The number of allylic oxidation sites excluding steroid dienone is 2. The predicted molar refractivity (Wildman–Crippen MR) is 123 cm³/mol. The second kappa shape index (κ2) is 8.83. The molecule has 0 saturated carbocycles. The zero-order chi connectivity index (χ0) is 21.1. The number of amidine groups is 1. The number of aryl methyl sites for hydroxylation is 1. The third-order valence-corrected chi connectivity index (χ3v) is 5.68. The van der Waals surface area contributed by atoms with Crippen molar-refractivity contribution in [3.63, 3.8) is 0 Å². The first-order valence-corrected chi connectivity index (χ1v) is 10.7. The maximum Gasteiger partial charge on any atom is 0.153 e. The van der Waals surface area contributed by atoms with E-state index in [-0.39, 0.29) is 0 Å². The van der Waals surface area contributed by atoms with Gasteiger partial charge in [-0.05, 0) is 43.4 Å². The number of aromatic nitrogens is 3. The van der Waals surface area contributed by atoms with Gasteiger partial charge in [-0.3, -0.25) is 5.10 Å². The van der Waals surface area contributed by atoms with Crippen LogP contribution in [0.4, 0.5) is 11.5 Å². The Balaban J connectivity index is 1.56. The van der Waals surface area contributed by atoms with Crippen molar-refractivity contribution < 1.29 is 0 Å². The lowest BCUT2D eigenvalue weighted by atomic mass is 9.90. The monoisotopic (exact) mass is 405 g/mol. The van der Waals surface area contributed by atoms with E-state index in [1.807, 2.05) is 25.3 Å². The van der Waals surface area contributed by atoms with Crippen LogP contribution in [0.25, 0.3) is 5.70 Å². The van der Waals surface area contributed by atoms with Crippen LogP contribution in [-0.2, 0) is 6.42 Å². The van der Waals surface area contributed by atoms with Crippen LogP contribution in [0.1, 0.15) is 50.1 Å². The summed E-state index contributed by atoms with van der Waals surface area (Å²) in [5, 5.41) is 14.7. The lowest BCUT2D eigenvalue weighted by Gasteiger charge is -2.29. The molecule has 0 aromatic carbocycles. The summed E-state index contributed by atoms with van der Waals surface area (Å²) in [4.78, 5) is 11.6. The quantitative estimate of drug-likeness (QED) is 0.524. The molecule has 1 saturated heterocycles. The van der Waals surface area contributed by atoms with Gasteiger partial charge in [-0.1, -0.05) is 26.5 Å². The van der Waals surface area contributed by atoms with E-state index in [1.165, 1.54) is 16.8 Å². The van der Waals surface area contributed by atoms with Gasteiger partial charge in [0.1, 0.15) is 5.84 Å². The van der Waals surface area contributed by atoms with Gasteiger partial charge >= 0.3 is 0 Å². The van der Waals surface area contributed by atoms with Gasteiger partial charge < -0.3 is 15.5 Å². The molecule has 0 atom stereocenters. The van der Waals surface area contributed by atoms with Gasteiger partial charge in [-0.25, -0.2) is 9.98 Å². The average molecular weight is 406 g/mol. The Bertz CT molecular complexity index is 960. The minimum absolute atomic E-state index is 0.336. The molecular weight excluding hydrogens is 374 g/mol. The Morgan fingerprint density at radius 1 is 1.27 bits per heavy atom. The zero-order valence-corrected chi connectivity index (χ0v) is 18.1. The number of anilines is 1. The van der Waals surface area contributed by atoms with Crippen molar-refractivity contribution in [3.8, 4) is 0 Å². The number of fused-ring (bicyclic) bond motifs is 1. The molecule has 2 aliphatic rings. The third-order valence-electron chi connectivity index (χ3n) is 5.68. The first kappa shape index (κ1) is 20.3. The highest BCUT2D eigenvalue weighted by molar-refractivity contribution is 5.93. The van der Waals surface area contributed by atoms with E-state index < -0.39 is 0 Å². The zero-order valence-electron chi connectivity index (χ0n) is 18.1. The van der Waals surface area contributed by atoms with Crippen molar-refractivity contribution in [2.75, 3.05) is 31.1 Å². The fourth-order valence-corrected chi connectivity index (χ4v) is 4.10. The second-order valence-electron chi connectivity index (χ2n) is 8.16. The van der Waals surface area contributed by atoms with Crippen molar-refractivity contribution >= 4 is 23.0 Å². The minimum Gasteiger partial charge on any atom is -0.368 e. The number of piperazine rings is 1. The van der Waals surface area contributed by atoms with Crippen molar-refractivity contribution in [1.29, 1.82) is 0 Å². The van der Waals surface area contributed by atoms with Crippen molar-refractivity contribution in [1.82, 2.24) is 25.8 Å². The van der Waals surface area contributed by atoms with E-state index in [0.717, 1.165) is 61.9 Å². The van der Waals surface area contributed by atoms with Crippen LogP contribution in [0, 0.1) is 0 Å². The molecule has 158 valence electrons. The van der Waals surface area contributed by atoms with E-state index in [2.05, 4.69) is 57.2 Å². The highest BCUT2D eigenvalue weighted by Gasteiger charge is 2.25. The molecule has 0 bridgehead atoms. The number of hydrogen-bond donors (Lipinski definition) is 3. The molecule has 2 aromatic rings. The largest absolute Gasteiger partial charge is 0.368 e. The molecule has 2 aromatic heterocycles. The van der Waals surface area contributed by atoms with Gasteiger partial charge in [0.25, 0.3) is 0 Å². The van der Waals surface area contributed by atoms with E-state index >= 15 is 0 Å². The predicted octanol–water partition coefficient (Wildman–Crippen LogP) is 3.52. The molecule has 0 unspecified atom stereocenters. The van der Waals surface area contributed by atoms with Crippen molar-refractivity contribution in [3.05, 3.63) is 53.5 Å². The highest BCUT2D eigenvalue weighted by Crippen LogP contribution is 2.34. The summed E-state index contributed by atoms with van der Waals surface area (Å²) in [6.45, 7) is 14.4. The maximum absolute atomic E-state index is 4.70. The number of rotatable bonds is 5. The Kier molecular flexibility index (Phi) is 5.99. The summed E-state index contributed by atoms with van der Waals surface area (Å²) in [6, 6.07) is 4.08. The second-order valence-corrected chi connectivity index (χ2v) is 8.16. The molecule has 30 heavy (non-hydrogen) atoms. The molecule has 3 N–H and O–H groups in total. The number of pyridine rings is 1. The van der Waals surface area contributed by atoms with E-state index in [9.17, 15) is 0 Å². The van der Waals surface area contributed by atoms with Crippen LogP contribution in [0.2, 0.25) is 0 Å². The van der Waals surface area contributed by atoms with Crippen molar-refractivity contribution in [2.24, 2.45) is 4.99 Å². The van der Waals surface area contributed by atoms with E-state index in [0.29, 0.717) is 11.7 Å². The highest BCUT2D eigenvalue weighted by atomic mass is 15.2. The molecule has 1 fully saturated rings. The molecule has 3 heterocycles. The molecule has 1 aliphatic carbocycles. The smallest absolute Gasteiger partial charge is 0.153 e. The lowest BCUT2D eigenvalue weighted by molar-refractivity contribution is 0.589. The van der Waals surface area contributed by atoms with Gasteiger partial charge in [0.15, 0.2) is 5.82 Å². The molecule has 7 nitrogen and oxygen atoms in total. The van der Waals surface area contributed by atoms with Gasteiger partial charge in [0.2, 0.25) is 0 Å². The Morgan fingerprint density at radius 2 is 2.07 bits per heavy atom. The number of nitrogens with zero attached hydrogens (tertiary/aromatic N) is 4. The summed E-state index contributed by atoms with van der Waals surface area (Å²) < 4.78 is 0. The molecule has 7 heteroatoms. The molecule has 0 radical (unpaired) electrons. The summed E-state index contributed by atoms with van der Waals surface area (Å²) >= 11 is 0. The van der Waals surface area contributed by atoms with E-state index in [1.54, 1.807) is 0 Å². The van der Waals surface area contributed by atoms with Crippen molar-refractivity contribution in [2.45, 2.75) is 39.5 Å². The number of H-pyrrole nitrogens is 1. The summed E-state index contributed by atoms with van der Waals surface area (Å²) in [5.41, 5.74) is 6.83. The van der Waals surface area contributed by atoms with Gasteiger partial charge in [0.05, 0.1) is 23.3 Å². The number of hydrogen-bond acceptors (Lipinski definition) is 5. The molecule has 4 rings (SSSR count). The van der Waals surface area contributed by atoms with Crippen LogP contribution in [-0.4, -0.2) is 47.2 Å². The summed E-state index contributed by atoms with van der Waals surface area (Å²) in [6.07, 6.45) is 5.74. The Morgan fingerprint density at radius 3 is 2.73 bits per heavy atom. The van der Waals surface area contributed by atoms with Crippen LogP contribution < -0.4 is 15.5 Å². The Labute approximate surface area is 178 Å². The number of aliphatic imine (C=N–C) groups is 1. The van der Waals surface area contributed by atoms with Crippen LogP contribution in [0.5, 0.6) is 0 Å². The fourth-order valence-electron chi connectivity index (χ4n) is 4.10. The SMILES string of the molecule is C=CC1=C(NC(C)=Nc2ccc(N3CCNCC3)cn2)c2c(C(C)C)n[nH]c2CC1.